The number of ether oxygens (including phenoxy) is 3. The number of hydrogen-bond acceptors (Lipinski definition) is 10. The van der Waals surface area contributed by atoms with E-state index in [0.717, 1.165) is 30.6 Å². The molecule has 0 saturated carbocycles. The monoisotopic (exact) mass is 677 g/mol. The Morgan fingerprint density at radius 1 is 0.936 bits per heavy atom. The van der Waals surface area contributed by atoms with Gasteiger partial charge in [-0.15, -0.1) is 10.2 Å². The lowest BCUT2D eigenvalue weighted by molar-refractivity contribution is -0.132. The summed E-state index contributed by atoms with van der Waals surface area (Å²) < 4.78 is 32.3. The number of rotatable bonds is 15. The average molecular weight is 678 g/mol. The van der Waals surface area contributed by atoms with Crippen molar-refractivity contribution in [1.82, 2.24) is 10.2 Å². The highest BCUT2D eigenvalue weighted by atomic mass is 32.2. The predicted molar refractivity (Wildman–Crippen MR) is 181 cm³/mol. The van der Waals surface area contributed by atoms with Crippen LogP contribution in [0.15, 0.2) is 76.6 Å². The first kappa shape index (κ1) is 33.9. The smallest absolute Gasteiger partial charge is 0.301 e. The van der Waals surface area contributed by atoms with Gasteiger partial charge in [-0.25, -0.2) is 4.39 Å². The SMILES string of the molecule is CCCCOc1ccc(C2C(=C(O)c3ccc(OCCC)cc3)C(=O)C(=O)N2c2nnc(SCc3ccccc3F)s2)cc1OCC. The van der Waals surface area contributed by atoms with Crippen molar-refractivity contribution in [3.05, 3.63) is 94.8 Å². The van der Waals surface area contributed by atoms with Crippen molar-refractivity contribution in [3.63, 3.8) is 0 Å². The van der Waals surface area contributed by atoms with E-state index in [1.807, 2.05) is 13.8 Å². The second-order valence-electron chi connectivity index (χ2n) is 10.6. The second-order valence-corrected chi connectivity index (χ2v) is 12.8. The third-order valence-corrected chi connectivity index (χ3v) is 9.40. The zero-order chi connectivity index (χ0) is 33.3. The number of carbonyl (C=O) groups excluding carboxylic acids is 2. The molecule has 47 heavy (non-hydrogen) atoms. The number of carbonyl (C=O) groups is 2. The van der Waals surface area contributed by atoms with Gasteiger partial charge in [0, 0.05) is 11.3 Å². The molecule has 1 saturated heterocycles. The normalized spacial score (nSPS) is 15.7. The van der Waals surface area contributed by atoms with E-state index in [0.29, 0.717) is 63.9 Å². The number of amides is 1. The van der Waals surface area contributed by atoms with Crippen LogP contribution in [0.2, 0.25) is 0 Å². The lowest BCUT2D eigenvalue weighted by Gasteiger charge is -2.23. The van der Waals surface area contributed by atoms with Crippen LogP contribution < -0.4 is 19.1 Å². The summed E-state index contributed by atoms with van der Waals surface area (Å²) in [6.45, 7) is 7.33. The number of hydrogen-bond donors (Lipinski definition) is 1. The van der Waals surface area contributed by atoms with Crippen LogP contribution in [0.4, 0.5) is 9.52 Å². The highest BCUT2D eigenvalue weighted by Crippen LogP contribution is 2.46. The van der Waals surface area contributed by atoms with Gasteiger partial charge in [-0.1, -0.05) is 67.6 Å². The lowest BCUT2D eigenvalue weighted by atomic mass is 9.95. The molecule has 2 heterocycles. The van der Waals surface area contributed by atoms with Gasteiger partial charge >= 0.3 is 5.91 Å². The van der Waals surface area contributed by atoms with E-state index >= 15 is 0 Å². The first-order chi connectivity index (χ1) is 22.9. The fourth-order valence-electron chi connectivity index (χ4n) is 4.95. The molecule has 9 nitrogen and oxygen atoms in total. The number of benzene rings is 3. The van der Waals surface area contributed by atoms with Crippen molar-refractivity contribution in [2.45, 2.75) is 56.2 Å². The van der Waals surface area contributed by atoms with Gasteiger partial charge in [0.2, 0.25) is 5.13 Å². The molecule has 0 radical (unpaired) electrons. The van der Waals surface area contributed by atoms with E-state index in [1.165, 1.54) is 22.7 Å². The molecular formula is C35H36FN3O6S2. The van der Waals surface area contributed by atoms with Crippen LogP contribution >= 0.6 is 23.1 Å². The molecule has 1 aromatic heterocycles. The molecule has 1 fully saturated rings. The highest BCUT2D eigenvalue weighted by molar-refractivity contribution is 8.00. The van der Waals surface area contributed by atoms with Gasteiger partial charge in [0.05, 0.1) is 31.4 Å². The summed E-state index contributed by atoms with van der Waals surface area (Å²) in [6, 6.07) is 17.3. The molecule has 246 valence electrons. The summed E-state index contributed by atoms with van der Waals surface area (Å²) in [5.41, 5.74) is 1.26. The molecule has 4 aromatic rings. The van der Waals surface area contributed by atoms with Crippen LogP contribution in [0.3, 0.4) is 0 Å². The van der Waals surface area contributed by atoms with Crippen molar-refractivity contribution in [3.8, 4) is 17.2 Å². The maximum Gasteiger partial charge on any atom is 0.301 e. The largest absolute Gasteiger partial charge is 0.507 e. The minimum atomic E-state index is -1.05. The quantitative estimate of drug-likeness (QED) is 0.0335. The summed E-state index contributed by atoms with van der Waals surface area (Å²) in [4.78, 5) is 28.7. The van der Waals surface area contributed by atoms with Gasteiger partial charge in [-0.3, -0.25) is 14.5 Å². The summed E-state index contributed by atoms with van der Waals surface area (Å²) in [5.74, 6) is -0.481. The number of anilines is 1. The van der Waals surface area contributed by atoms with Crippen LogP contribution in [-0.2, 0) is 15.3 Å². The van der Waals surface area contributed by atoms with E-state index in [-0.39, 0.29) is 22.3 Å². The minimum Gasteiger partial charge on any atom is -0.507 e. The highest BCUT2D eigenvalue weighted by Gasteiger charge is 2.48. The Morgan fingerprint density at radius 3 is 2.45 bits per heavy atom. The number of ketones is 1. The Kier molecular flexibility index (Phi) is 11.5. The van der Waals surface area contributed by atoms with Crippen LogP contribution in [-0.4, -0.2) is 46.8 Å². The number of unbranched alkanes of at least 4 members (excludes halogenated alkanes) is 1. The Balaban J connectivity index is 1.56. The summed E-state index contributed by atoms with van der Waals surface area (Å²) in [7, 11) is 0. The molecule has 1 unspecified atom stereocenters. The Hall–Kier alpha value is -4.42. The fourth-order valence-corrected chi connectivity index (χ4v) is 6.81. The fraction of sp³-hybridized carbons (Fsp3) is 0.314. The number of Topliss-reactive ketones (excluding diaryl/α,β-unsaturated/α-hetero) is 1. The molecule has 1 aliphatic heterocycles. The van der Waals surface area contributed by atoms with Crippen LogP contribution in [0.5, 0.6) is 17.2 Å². The van der Waals surface area contributed by atoms with Crippen molar-refractivity contribution in [2.75, 3.05) is 24.7 Å². The summed E-state index contributed by atoms with van der Waals surface area (Å²) >= 11 is 2.37. The number of aromatic nitrogens is 2. The molecule has 1 aliphatic rings. The van der Waals surface area contributed by atoms with Crippen molar-refractivity contribution >= 4 is 45.7 Å². The molecule has 1 amide bonds. The Labute approximate surface area is 281 Å². The predicted octanol–water partition coefficient (Wildman–Crippen LogP) is 7.96. The number of thioether (sulfide) groups is 1. The third-order valence-electron chi connectivity index (χ3n) is 7.29. The van der Waals surface area contributed by atoms with E-state index < -0.39 is 17.7 Å². The first-order valence-electron chi connectivity index (χ1n) is 15.5. The molecular weight excluding hydrogens is 642 g/mol. The van der Waals surface area contributed by atoms with E-state index in [2.05, 4.69) is 17.1 Å². The van der Waals surface area contributed by atoms with E-state index in [9.17, 15) is 19.1 Å². The van der Waals surface area contributed by atoms with Crippen LogP contribution in [0.1, 0.15) is 62.8 Å². The van der Waals surface area contributed by atoms with Crippen molar-refractivity contribution in [2.24, 2.45) is 0 Å². The van der Waals surface area contributed by atoms with Gasteiger partial charge in [0.25, 0.3) is 5.78 Å². The standard InChI is InChI=1S/C35H36FN3O6S2/c1-4-7-19-45-27-17-14-23(20-28(27)43-6-3)30-29(31(40)22-12-15-25(16-13-22)44-18-5-2)32(41)33(42)39(30)34-37-38-35(47-34)46-21-24-10-8-9-11-26(24)36/h8-17,20,30,40H,4-7,18-19,21H2,1-3H3. The molecule has 0 aliphatic carbocycles. The summed E-state index contributed by atoms with van der Waals surface area (Å²) in [6.07, 6.45) is 2.67. The van der Waals surface area contributed by atoms with Gasteiger partial charge in [0.1, 0.15) is 17.3 Å². The maximum absolute atomic E-state index is 14.2. The average Bonchev–Trinajstić information content (AvgIpc) is 3.65. The zero-order valence-corrected chi connectivity index (χ0v) is 28.0. The van der Waals surface area contributed by atoms with Crippen LogP contribution in [0.25, 0.3) is 5.76 Å². The maximum atomic E-state index is 14.2. The van der Waals surface area contributed by atoms with Crippen LogP contribution in [0, 0.1) is 5.82 Å². The molecule has 0 spiro atoms. The molecule has 5 rings (SSSR count). The molecule has 3 aromatic carbocycles. The number of nitrogens with zero attached hydrogens (tertiary/aromatic N) is 3. The van der Waals surface area contributed by atoms with E-state index in [4.69, 9.17) is 14.2 Å². The van der Waals surface area contributed by atoms with Gasteiger partial charge in [-0.2, -0.15) is 0 Å². The molecule has 1 atom stereocenters. The lowest BCUT2D eigenvalue weighted by Crippen LogP contribution is -2.29. The minimum absolute atomic E-state index is 0.102. The van der Waals surface area contributed by atoms with Gasteiger partial charge in [0.15, 0.2) is 15.8 Å². The zero-order valence-electron chi connectivity index (χ0n) is 26.4. The second kappa shape index (κ2) is 15.9. The first-order valence-corrected chi connectivity index (χ1v) is 17.3. The van der Waals surface area contributed by atoms with Crippen molar-refractivity contribution < 1.29 is 33.3 Å². The van der Waals surface area contributed by atoms with Gasteiger partial charge in [-0.05, 0) is 73.4 Å². The van der Waals surface area contributed by atoms with E-state index in [1.54, 1.807) is 60.7 Å². The number of halogens is 1. The number of aliphatic hydroxyl groups excluding tert-OH is 1. The van der Waals surface area contributed by atoms with Gasteiger partial charge < -0.3 is 19.3 Å². The third kappa shape index (κ3) is 7.77. The molecule has 1 N–H and O–H groups in total. The Morgan fingerprint density at radius 2 is 1.72 bits per heavy atom. The number of aliphatic hydroxyl groups is 1. The topological polar surface area (TPSA) is 111 Å². The molecule has 12 heteroatoms. The summed E-state index contributed by atoms with van der Waals surface area (Å²) in [5, 5.41) is 20.2. The Bertz CT molecular complexity index is 1740. The molecule has 0 bridgehead atoms. The van der Waals surface area contributed by atoms with Crippen molar-refractivity contribution in [1.29, 1.82) is 0 Å².